The van der Waals surface area contributed by atoms with E-state index in [1.165, 1.54) is 13.8 Å². The Kier molecular flexibility index (Phi) is 5.41. The van der Waals surface area contributed by atoms with Crippen LogP contribution < -0.4 is 10.6 Å². The Labute approximate surface area is 142 Å². The number of carbonyl (C=O) groups is 2. The summed E-state index contributed by atoms with van der Waals surface area (Å²) in [4.78, 5) is 26.6. The molecule has 0 bridgehead atoms. The van der Waals surface area contributed by atoms with Gasteiger partial charge in [-0.15, -0.1) is 0 Å². The lowest BCUT2D eigenvalue weighted by molar-refractivity contribution is -0.141. The highest BCUT2D eigenvalue weighted by Crippen LogP contribution is 2.28. The van der Waals surface area contributed by atoms with E-state index in [1.54, 1.807) is 24.3 Å². The van der Waals surface area contributed by atoms with Crippen LogP contribution in [0.25, 0.3) is 0 Å². The predicted octanol–water partition coefficient (Wildman–Crippen LogP) is 3.30. The van der Waals surface area contributed by atoms with Crippen molar-refractivity contribution >= 4 is 17.5 Å². The average molecular weight is 351 g/mol. The number of aromatic nitrogens is 1. The summed E-state index contributed by atoms with van der Waals surface area (Å²) in [5, 5.41) is 5.25. The van der Waals surface area contributed by atoms with Crippen molar-refractivity contribution in [3.63, 3.8) is 0 Å². The van der Waals surface area contributed by atoms with E-state index < -0.39 is 17.8 Å². The Morgan fingerprint density at radius 2 is 1.88 bits per heavy atom. The summed E-state index contributed by atoms with van der Waals surface area (Å²) in [7, 11) is 0. The van der Waals surface area contributed by atoms with E-state index >= 15 is 0 Å². The molecular formula is C17H16F3N3O2. The molecule has 5 nitrogen and oxygen atoms in total. The number of pyridine rings is 1. The second-order valence-corrected chi connectivity index (χ2v) is 5.39. The minimum Gasteiger partial charge on any atom is -0.348 e. The van der Waals surface area contributed by atoms with E-state index in [-0.39, 0.29) is 23.7 Å². The second-order valence-electron chi connectivity index (χ2n) is 5.39. The normalized spacial score (nSPS) is 11.1. The predicted molar refractivity (Wildman–Crippen MR) is 85.9 cm³/mol. The van der Waals surface area contributed by atoms with E-state index in [0.29, 0.717) is 5.69 Å². The summed E-state index contributed by atoms with van der Waals surface area (Å²) in [6.07, 6.45) is -4.55. The van der Waals surface area contributed by atoms with E-state index in [4.69, 9.17) is 0 Å². The zero-order valence-electron chi connectivity index (χ0n) is 13.6. The number of hydrogen-bond donors (Lipinski definition) is 2. The lowest BCUT2D eigenvalue weighted by atomic mass is 10.1. The Morgan fingerprint density at radius 1 is 1.16 bits per heavy atom. The Balaban J connectivity index is 2.07. The molecule has 0 aliphatic rings. The van der Waals surface area contributed by atoms with Crippen molar-refractivity contribution in [3.05, 3.63) is 58.9 Å². The number of nitrogens with zero attached hydrogens (tertiary/aromatic N) is 1. The molecular weight excluding hydrogens is 335 g/mol. The highest BCUT2D eigenvalue weighted by atomic mass is 19.4. The topological polar surface area (TPSA) is 71.1 Å². The fraction of sp³-hybridized carbons (Fsp3) is 0.235. The standard InChI is InChI=1S/C17H16F3N3O2/c1-10-14(6-7-15(22-10)17(18,19)20)16(25)21-9-12-4-3-5-13(8-12)23-11(2)24/h3-8H,9H2,1-2H3,(H,21,25)(H,23,24). The van der Waals surface area contributed by atoms with Crippen LogP contribution in [0, 0.1) is 6.92 Å². The summed E-state index contributed by atoms with van der Waals surface area (Å²) < 4.78 is 37.8. The maximum atomic E-state index is 12.6. The van der Waals surface area contributed by atoms with Gasteiger partial charge in [-0.05, 0) is 36.8 Å². The van der Waals surface area contributed by atoms with Crippen molar-refractivity contribution in [1.82, 2.24) is 10.3 Å². The Bertz CT molecular complexity index is 804. The molecule has 2 N–H and O–H groups in total. The number of anilines is 1. The van der Waals surface area contributed by atoms with Crippen molar-refractivity contribution in [2.24, 2.45) is 0 Å². The molecule has 2 rings (SSSR count). The van der Waals surface area contributed by atoms with E-state index in [0.717, 1.165) is 17.7 Å². The molecule has 1 aromatic carbocycles. The minimum atomic E-state index is -4.55. The fourth-order valence-corrected chi connectivity index (χ4v) is 2.20. The molecule has 0 aliphatic carbocycles. The third kappa shape index (κ3) is 5.03. The highest BCUT2D eigenvalue weighted by Gasteiger charge is 2.33. The Hall–Kier alpha value is -2.90. The summed E-state index contributed by atoms with van der Waals surface area (Å²) in [6.45, 7) is 2.89. The molecule has 0 saturated carbocycles. The van der Waals surface area contributed by atoms with Gasteiger partial charge in [0.25, 0.3) is 5.91 Å². The van der Waals surface area contributed by atoms with Gasteiger partial charge < -0.3 is 10.6 Å². The molecule has 0 atom stereocenters. The van der Waals surface area contributed by atoms with Crippen LogP contribution >= 0.6 is 0 Å². The number of amides is 2. The molecule has 1 aromatic heterocycles. The molecule has 0 radical (unpaired) electrons. The zero-order chi connectivity index (χ0) is 18.6. The van der Waals surface area contributed by atoms with Crippen LogP contribution in [0.15, 0.2) is 36.4 Å². The van der Waals surface area contributed by atoms with E-state index in [2.05, 4.69) is 15.6 Å². The minimum absolute atomic E-state index is 0.000628. The molecule has 2 aromatic rings. The van der Waals surface area contributed by atoms with Gasteiger partial charge in [-0.25, -0.2) is 4.98 Å². The first kappa shape index (κ1) is 18.4. The van der Waals surface area contributed by atoms with Gasteiger partial charge in [0.2, 0.25) is 5.91 Å². The first-order chi connectivity index (χ1) is 11.7. The van der Waals surface area contributed by atoms with Crippen molar-refractivity contribution in [2.75, 3.05) is 5.32 Å². The van der Waals surface area contributed by atoms with E-state index in [9.17, 15) is 22.8 Å². The van der Waals surface area contributed by atoms with Crippen LogP contribution in [-0.2, 0) is 17.5 Å². The number of nitrogens with one attached hydrogen (secondary N) is 2. The number of rotatable bonds is 4. The smallest absolute Gasteiger partial charge is 0.348 e. The third-order valence-corrected chi connectivity index (χ3v) is 3.32. The van der Waals surface area contributed by atoms with Crippen molar-refractivity contribution < 1.29 is 22.8 Å². The molecule has 132 valence electrons. The SMILES string of the molecule is CC(=O)Nc1cccc(CNC(=O)c2ccc(C(F)(F)F)nc2C)c1. The molecule has 25 heavy (non-hydrogen) atoms. The second kappa shape index (κ2) is 7.33. The van der Waals surface area contributed by atoms with Crippen LogP contribution in [0.3, 0.4) is 0 Å². The lowest BCUT2D eigenvalue weighted by Gasteiger charge is -2.11. The quantitative estimate of drug-likeness (QED) is 0.888. The molecule has 0 saturated heterocycles. The van der Waals surface area contributed by atoms with Crippen LogP contribution in [-0.4, -0.2) is 16.8 Å². The summed E-state index contributed by atoms with van der Waals surface area (Å²) in [5.74, 6) is -0.740. The summed E-state index contributed by atoms with van der Waals surface area (Å²) in [5.41, 5.74) is 0.360. The third-order valence-electron chi connectivity index (χ3n) is 3.32. The number of halogens is 3. The van der Waals surface area contributed by atoms with Crippen LogP contribution in [0.2, 0.25) is 0 Å². The number of aryl methyl sites for hydroxylation is 1. The van der Waals surface area contributed by atoms with Gasteiger partial charge in [-0.3, -0.25) is 9.59 Å². The maximum Gasteiger partial charge on any atom is 0.433 e. The lowest BCUT2D eigenvalue weighted by Crippen LogP contribution is -2.24. The van der Waals surface area contributed by atoms with Crippen molar-refractivity contribution in [2.45, 2.75) is 26.6 Å². The summed E-state index contributed by atoms with van der Waals surface area (Å²) >= 11 is 0. The zero-order valence-corrected chi connectivity index (χ0v) is 13.6. The van der Waals surface area contributed by atoms with Gasteiger partial charge in [0, 0.05) is 19.2 Å². The van der Waals surface area contributed by atoms with Crippen LogP contribution in [0.1, 0.15) is 34.2 Å². The molecule has 2 amide bonds. The van der Waals surface area contributed by atoms with Crippen LogP contribution in [0.5, 0.6) is 0 Å². The van der Waals surface area contributed by atoms with Gasteiger partial charge in [0.1, 0.15) is 5.69 Å². The van der Waals surface area contributed by atoms with Gasteiger partial charge in [-0.1, -0.05) is 12.1 Å². The first-order valence-electron chi connectivity index (χ1n) is 7.36. The number of alkyl halides is 3. The average Bonchev–Trinajstić information content (AvgIpc) is 2.51. The van der Waals surface area contributed by atoms with Gasteiger partial charge >= 0.3 is 6.18 Å². The molecule has 0 spiro atoms. The number of benzene rings is 1. The van der Waals surface area contributed by atoms with Crippen molar-refractivity contribution in [3.8, 4) is 0 Å². The van der Waals surface area contributed by atoms with Gasteiger partial charge in [0.15, 0.2) is 0 Å². The highest BCUT2D eigenvalue weighted by molar-refractivity contribution is 5.95. The summed E-state index contributed by atoms with van der Waals surface area (Å²) in [6, 6.07) is 8.75. The largest absolute Gasteiger partial charge is 0.433 e. The molecule has 0 fully saturated rings. The molecule has 0 unspecified atom stereocenters. The Morgan fingerprint density at radius 3 is 2.48 bits per heavy atom. The van der Waals surface area contributed by atoms with Gasteiger partial charge in [-0.2, -0.15) is 13.2 Å². The van der Waals surface area contributed by atoms with E-state index in [1.807, 2.05) is 0 Å². The number of carbonyl (C=O) groups excluding carboxylic acids is 2. The monoisotopic (exact) mass is 351 g/mol. The molecule has 0 aliphatic heterocycles. The van der Waals surface area contributed by atoms with Crippen LogP contribution in [0.4, 0.5) is 18.9 Å². The fourth-order valence-electron chi connectivity index (χ4n) is 2.20. The maximum absolute atomic E-state index is 12.6. The van der Waals surface area contributed by atoms with Gasteiger partial charge in [0.05, 0.1) is 11.3 Å². The number of hydrogen-bond acceptors (Lipinski definition) is 3. The first-order valence-corrected chi connectivity index (χ1v) is 7.36. The molecule has 8 heteroatoms. The van der Waals surface area contributed by atoms with Crippen molar-refractivity contribution in [1.29, 1.82) is 0 Å². The molecule has 1 heterocycles.